The molecule has 630 valence electrons. The Morgan fingerprint density at radius 2 is 0.481 bits per heavy atom. The Hall–Kier alpha value is -1.94. The Labute approximate surface area is 651 Å². The summed E-state index contributed by atoms with van der Waals surface area (Å²) in [5, 5.41) is 10.7. The fourth-order valence-corrected chi connectivity index (χ4v) is 15.1. The molecule has 0 aromatic heterocycles. The van der Waals surface area contributed by atoms with E-state index in [1.165, 1.54) is 270 Å². The van der Waals surface area contributed by atoms with Crippen molar-refractivity contribution in [2.24, 2.45) is 17.8 Å². The van der Waals surface area contributed by atoms with Crippen LogP contribution in [0.4, 0.5) is 0 Å². The first-order valence-electron chi connectivity index (χ1n) is 44.9. The van der Waals surface area contributed by atoms with Gasteiger partial charge in [-0.3, -0.25) is 37.3 Å². The maximum atomic E-state index is 13.2. The first-order valence-corrected chi connectivity index (χ1v) is 47.9. The lowest BCUT2D eigenvalue weighted by Crippen LogP contribution is -2.30. The van der Waals surface area contributed by atoms with E-state index in [0.717, 1.165) is 108 Å². The smallest absolute Gasteiger partial charge is 0.462 e. The van der Waals surface area contributed by atoms with Crippen molar-refractivity contribution in [3.8, 4) is 0 Å². The van der Waals surface area contributed by atoms with Crippen molar-refractivity contribution in [2.45, 2.75) is 478 Å². The number of aliphatic hydroxyl groups excluding tert-OH is 1. The Morgan fingerprint density at radius 3 is 0.717 bits per heavy atom. The van der Waals surface area contributed by atoms with Gasteiger partial charge in [-0.2, -0.15) is 0 Å². The Morgan fingerprint density at radius 1 is 0.274 bits per heavy atom. The van der Waals surface area contributed by atoms with E-state index >= 15 is 0 Å². The minimum atomic E-state index is -4.97. The molecule has 17 nitrogen and oxygen atoms in total. The van der Waals surface area contributed by atoms with E-state index in [-0.39, 0.29) is 25.7 Å². The van der Waals surface area contributed by atoms with Crippen LogP contribution in [0.1, 0.15) is 459 Å². The van der Waals surface area contributed by atoms with Crippen LogP contribution in [0.5, 0.6) is 0 Å². The summed E-state index contributed by atoms with van der Waals surface area (Å²) in [6.45, 7) is 12.1. The minimum Gasteiger partial charge on any atom is -0.462 e. The molecule has 0 fully saturated rings. The zero-order valence-electron chi connectivity index (χ0n) is 69.9. The quantitative estimate of drug-likeness (QED) is 0.0222. The number of carbonyl (C=O) groups excluding carboxylic acids is 4. The third kappa shape index (κ3) is 78.7. The van der Waals surface area contributed by atoms with E-state index in [0.29, 0.717) is 25.7 Å². The molecule has 6 atom stereocenters. The largest absolute Gasteiger partial charge is 0.472 e. The van der Waals surface area contributed by atoms with E-state index in [1.54, 1.807) is 0 Å². The van der Waals surface area contributed by atoms with Crippen LogP contribution >= 0.6 is 15.6 Å². The van der Waals surface area contributed by atoms with E-state index in [2.05, 4.69) is 48.5 Å². The summed E-state index contributed by atoms with van der Waals surface area (Å²) in [4.78, 5) is 73.3. The standard InChI is InChI=1S/C87H170O17P2/c1-8-10-11-12-13-14-30-40-47-54-61-68-84(89)97-74-82(103-87(92)71-64-57-50-43-36-29-23-25-32-38-45-52-59-66-79(5)6)76-101-105(93,94)99-72-81(88)73-100-106(95,96)102-77-83(75-98-85(90)69-62-55-48-41-34-27-22-21-26-33-39-46-53-60-67-80(7)9-2)104-86(91)70-63-56-49-42-35-28-20-18-16-15-17-19-24-31-37-44-51-58-65-78(3)4/h78-83,88H,8-77H2,1-7H3,(H,93,94)(H,95,96)/t80?,81-,82+,83+/m0/s1. The molecular formula is C87H170O17P2. The molecule has 0 aromatic rings. The highest BCUT2D eigenvalue weighted by Gasteiger charge is 2.31. The molecular weight excluding hydrogens is 1380 g/mol. The van der Waals surface area contributed by atoms with Crippen LogP contribution in [0.2, 0.25) is 0 Å². The number of hydrogen-bond donors (Lipinski definition) is 3. The highest BCUT2D eigenvalue weighted by molar-refractivity contribution is 7.47. The second kappa shape index (κ2) is 77.0. The van der Waals surface area contributed by atoms with Crippen molar-refractivity contribution in [3.63, 3.8) is 0 Å². The number of hydrogen-bond acceptors (Lipinski definition) is 15. The zero-order valence-corrected chi connectivity index (χ0v) is 71.7. The third-order valence-corrected chi connectivity index (χ3v) is 22.6. The fraction of sp³-hybridized carbons (Fsp3) is 0.954. The second-order valence-electron chi connectivity index (χ2n) is 32.5. The molecule has 0 radical (unpaired) electrons. The molecule has 19 heteroatoms. The summed E-state index contributed by atoms with van der Waals surface area (Å²) in [5.74, 6) is 0.355. The first kappa shape index (κ1) is 104. The van der Waals surface area contributed by atoms with Gasteiger partial charge in [0.1, 0.15) is 19.3 Å². The molecule has 0 saturated carbocycles. The van der Waals surface area contributed by atoms with Gasteiger partial charge in [0.05, 0.1) is 26.4 Å². The minimum absolute atomic E-state index is 0.108. The number of phosphoric ester groups is 2. The van der Waals surface area contributed by atoms with Gasteiger partial charge in [-0.25, -0.2) is 9.13 Å². The molecule has 3 N–H and O–H groups in total. The van der Waals surface area contributed by atoms with Crippen LogP contribution in [-0.4, -0.2) is 96.7 Å². The maximum absolute atomic E-state index is 13.2. The maximum Gasteiger partial charge on any atom is 0.472 e. The molecule has 0 aliphatic rings. The predicted molar refractivity (Wildman–Crippen MR) is 437 cm³/mol. The van der Waals surface area contributed by atoms with Crippen LogP contribution in [0.25, 0.3) is 0 Å². The summed E-state index contributed by atoms with van der Waals surface area (Å²) < 4.78 is 68.9. The number of aliphatic hydroxyl groups is 1. The van der Waals surface area contributed by atoms with Gasteiger partial charge in [-0.05, 0) is 43.4 Å². The fourth-order valence-electron chi connectivity index (χ4n) is 13.5. The predicted octanol–water partition coefficient (Wildman–Crippen LogP) is 26.5. The highest BCUT2D eigenvalue weighted by Crippen LogP contribution is 2.45. The van der Waals surface area contributed by atoms with Crippen molar-refractivity contribution in [2.75, 3.05) is 39.6 Å². The third-order valence-electron chi connectivity index (χ3n) is 20.7. The van der Waals surface area contributed by atoms with Crippen LogP contribution in [0.3, 0.4) is 0 Å². The van der Waals surface area contributed by atoms with E-state index in [9.17, 15) is 43.2 Å². The van der Waals surface area contributed by atoms with Gasteiger partial charge in [0.25, 0.3) is 0 Å². The van der Waals surface area contributed by atoms with Gasteiger partial charge in [-0.15, -0.1) is 0 Å². The van der Waals surface area contributed by atoms with Crippen molar-refractivity contribution in [1.82, 2.24) is 0 Å². The summed E-state index contributed by atoms with van der Waals surface area (Å²) in [6, 6.07) is 0. The molecule has 0 saturated heterocycles. The van der Waals surface area contributed by atoms with Crippen LogP contribution in [-0.2, 0) is 65.4 Å². The Bertz CT molecular complexity index is 2050. The SMILES string of the molecule is CCCCCCCCCCCCCC(=O)OC[C@H](COP(=O)(O)OC[C@H](O)COP(=O)(O)OC[C@@H](COC(=O)CCCCCCCCCCCCCCCCC(C)CC)OC(=O)CCCCCCCCCCCCCCCCCCCCC(C)C)OC(=O)CCCCCCCCCCCCCCCC(C)C. The van der Waals surface area contributed by atoms with Gasteiger partial charge in [0.15, 0.2) is 12.2 Å². The monoisotopic (exact) mass is 1550 g/mol. The van der Waals surface area contributed by atoms with E-state index < -0.39 is 97.5 Å². The van der Waals surface area contributed by atoms with E-state index in [1.807, 2.05) is 0 Å². The summed E-state index contributed by atoms with van der Waals surface area (Å²) in [5.41, 5.74) is 0. The molecule has 3 unspecified atom stereocenters. The number of esters is 4. The lowest BCUT2D eigenvalue weighted by molar-refractivity contribution is -0.161. The summed E-state index contributed by atoms with van der Waals surface area (Å²) in [7, 11) is -9.93. The van der Waals surface area contributed by atoms with Crippen LogP contribution in [0.15, 0.2) is 0 Å². The molecule has 0 amide bonds. The number of ether oxygens (including phenoxy) is 4. The number of carbonyl (C=O) groups is 4. The number of rotatable bonds is 85. The average Bonchev–Trinajstić information content (AvgIpc) is 0.907. The number of unbranched alkanes of at least 4 members (excludes halogenated alkanes) is 52. The van der Waals surface area contributed by atoms with Crippen molar-refractivity contribution in [3.05, 3.63) is 0 Å². The normalized spacial score (nSPS) is 14.1. The van der Waals surface area contributed by atoms with E-state index in [4.69, 9.17) is 37.0 Å². The molecule has 0 aromatic carbocycles. The van der Waals surface area contributed by atoms with Crippen LogP contribution in [0, 0.1) is 17.8 Å². The lowest BCUT2D eigenvalue weighted by Gasteiger charge is -2.21. The number of phosphoric acid groups is 2. The second-order valence-corrected chi connectivity index (χ2v) is 35.4. The molecule has 0 aliphatic heterocycles. The van der Waals surface area contributed by atoms with Crippen LogP contribution < -0.4 is 0 Å². The van der Waals surface area contributed by atoms with Crippen molar-refractivity contribution >= 4 is 39.5 Å². The van der Waals surface area contributed by atoms with Crippen molar-refractivity contribution in [1.29, 1.82) is 0 Å². The molecule has 0 aliphatic carbocycles. The van der Waals surface area contributed by atoms with Gasteiger partial charge < -0.3 is 33.8 Å². The Kier molecular flexibility index (Phi) is 75.6. The molecule has 106 heavy (non-hydrogen) atoms. The van der Waals surface area contributed by atoms with Gasteiger partial charge in [-0.1, -0.05) is 408 Å². The molecule has 0 heterocycles. The summed E-state index contributed by atoms with van der Waals surface area (Å²) >= 11 is 0. The van der Waals surface area contributed by atoms with Gasteiger partial charge in [0.2, 0.25) is 0 Å². The summed E-state index contributed by atoms with van der Waals surface area (Å²) in [6.07, 6.45) is 67.9. The van der Waals surface area contributed by atoms with Gasteiger partial charge >= 0.3 is 39.5 Å². The topological polar surface area (TPSA) is 237 Å². The average molecular weight is 1550 g/mol. The van der Waals surface area contributed by atoms with Crippen molar-refractivity contribution < 1.29 is 80.2 Å². The molecule has 0 spiro atoms. The molecule has 0 bridgehead atoms. The first-order chi connectivity index (χ1) is 51.3. The van der Waals surface area contributed by atoms with Gasteiger partial charge in [0, 0.05) is 25.7 Å². The highest BCUT2D eigenvalue weighted by atomic mass is 31.2. The molecule has 0 rings (SSSR count). The zero-order chi connectivity index (χ0) is 77.9. The lowest BCUT2D eigenvalue weighted by atomic mass is 9.99. The Balaban J connectivity index is 5.24.